The molecule has 8 heteroatoms. The summed E-state index contributed by atoms with van der Waals surface area (Å²) in [6.07, 6.45) is 1.54. The molecule has 0 fully saturated rings. The first kappa shape index (κ1) is 22.7. The molecule has 172 valence electrons. The summed E-state index contributed by atoms with van der Waals surface area (Å²) in [4.78, 5) is 28.9. The van der Waals surface area contributed by atoms with Crippen LogP contribution < -0.4 is 14.2 Å². The first-order valence-electron chi connectivity index (χ1n) is 10.4. The number of nitrogens with zero attached hydrogens (tertiary/aromatic N) is 1. The van der Waals surface area contributed by atoms with Gasteiger partial charge in [0, 0.05) is 5.56 Å². The summed E-state index contributed by atoms with van der Waals surface area (Å²) >= 11 is 0. The number of benzene rings is 3. The van der Waals surface area contributed by atoms with Gasteiger partial charge in [-0.25, -0.2) is 19.0 Å². The van der Waals surface area contributed by atoms with Gasteiger partial charge in [-0.05, 0) is 79.2 Å². The summed E-state index contributed by atoms with van der Waals surface area (Å²) in [6, 6.07) is 16.8. The normalized spacial score (nSPS) is 13.9. The van der Waals surface area contributed by atoms with E-state index in [4.69, 9.17) is 18.9 Å². The van der Waals surface area contributed by atoms with E-state index in [2.05, 4.69) is 4.99 Å². The third kappa shape index (κ3) is 5.12. The van der Waals surface area contributed by atoms with Crippen LogP contribution in [0.25, 0.3) is 6.08 Å². The fourth-order valence-electron chi connectivity index (χ4n) is 3.15. The summed E-state index contributed by atoms with van der Waals surface area (Å²) < 4.78 is 34.5. The molecule has 0 spiro atoms. The molecule has 1 aliphatic rings. The van der Waals surface area contributed by atoms with Crippen molar-refractivity contribution in [3.63, 3.8) is 0 Å². The van der Waals surface area contributed by atoms with E-state index in [1.165, 1.54) is 43.5 Å². The largest absolute Gasteiger partial charge is 0.494 e. The molecule has 0 unspecified atom stereocenters. The monoisotopic (exact) mass is 461 g/mol. The number of carbonyl (C=O) groups excluding carboxylic acids is 2. The third-order valence-electron chi connectivity index (χ3n) is 4.81. The molecule has 0 aliphatic carbocycles. The van der Waals surface area contributed by atoms with E-state index >= 15 is 0 Å². The lowest BCUT2D eigenvalue weighted by Crippen LogP contribution is -2.09. The summed E-state index contributed by atoms with van der Waals surface area (Å²) in [7, 11) is 1.42. The van der Waals surface area contributed by atoms with Crippen LogP contribution in [0.4, 0.5) is 4.39 Å². The van der Waals surface area contributed by atoms with Gasteiger partial charge in [-0.3, -0.25) is 0 Å². The van der Waals surface area contributed by atoms with Gasteiger partial charge in [-0.2, -0.15) is 0 Å². The van der Waals surface area contributed by atoms with Crippen LogP contribution in [0.1, 0.15) is 28.4 Å². The van der Waals surface area contributed by atoms with Gasteiger partial charge in [0.15, 0.2) is 17.2 Å². The first-order valence-corrected chi connectivity index (χ1v) is 10.4. The second-order valence-electron chi connectivity index (χ2n) is 7.10. The van der Waals surface area contributed by atoms with Gasteiger partial charge in [0.05, 0.1) is 19.3 Å². The highest BCUT2D eigenvalue weighted by Gasteiger charge is 2.24. The van der Waals surface area contributed by atoms with E-state index in [9.17, 15) is 14.0 Å². The Balaban J connectivity index is 1.53. The van der Waals surface area contributed by atoms with Crippen molar-refractivity contribution in [1.82, 2.24) is 0 Å². The maximum absolute atomic E-state index is 13.1. The highest BCUT2D eigenvalue weighted by atomic mass is 19.1. The van der Waals surface area contributed by atoms with Gasteiger partial charge >= 0.3 is 11.9 Å². The minimum absolute atomic E-state index is 0.113. The molecule has 0 N–H and O–H groups in total. The van der Waals surface area contributed by atoms with Crippen LogP contribution in [0.15, 0.2) is 77.4 Å². The number of hydrogen-bond acceptors (Lipinski definition) is 7. The maximum Gasteiger partial charge on any atom is 0.363 e. The summed E-state index contributed by atoms with van der Waals surface area (Å²) in [5, 5.41) is 0. The molecule has 0 aromatic heterocycles. The maximum atomic E-state index is 13.1. The lowest BCUT2D eigenvalue weighted by molar-refractivity contribution is -0.129. The number of ether oxygens (including phenoxy) is 4. The first-order chi connectivity index (χ1) is 16.5. The molecule has 0 atom stereocenters. The highest BCUT2D eigenvalue weighted by Crippen LogP contribution is 2.30. The molecule has 0 saturated carbocycles. The van der Waals surface area contributed by atoms with Gasteiger partial charge in [-0.15, -0.1) is 0 Å². The zero-order valence-corrected chi connectivity index (χ0v) is 18.4. The molecule has 1 aliphatic heterocycles. The Bertz CT molecular complexity index is 1280. The molecule has 1 heterocycles. The molecule has 0 bridgehead atoms. The fourth-order valence-corrected chi connectivity index (χ4v) is 3.15. The van der Waals surface area contributed by atoms with Crippen molar-refractivity contribution in [2.75, 3.05) is 13.7 Å². The topological polar surface area (TPSA) is 83.4 Å². The predicted molar refractivity (Wildman–Crippen MR) is 123 cm³/mol. The minimum Gasteiger partial charge on any atom is -0.494 e. The van der Waals surface area contributed by atoms with Gasteiger partial charge in [0.2, 0.25) is 5.90 Å². The minimum atomic E-state index is -0.659. The quantitative estimate of drug-likeness (QED) is 0.286. The van der Waals surface area contributed by atoms with Crippen LogP contribution in [-0.2, 0) is 9.53 Å². The Morgan fingerprint density at radius 2 is 1.76 bits per heavy atom. The molecular formula is C26H20FNO6. The second-order valence-corrected chi connectivity index (χ2v) is 7.10. The number of hydrogen-bond donors (Lipinski definition) is 0. The van der Waals surface area contributed by atoms with Crippen molar-refractivity contribution in [1.29, 1.82) is 0 Å². The molecule has 7 nitrogen and oxygen atoms in total. The van der Waals surface area contributed by atoms with Crippen molar-refractivity contribution in [2.24, 2.45) is 4.99 Å². The van der Waals surface area contributed by atoms with E-state index in [0.717, 1.165) is 0 Å². The van der Waals surface area contributed by atoms with Crippen LogP contribution in [-0.4, -0.2) is 31.6 Å². The molecule has 4 rings (SSSR count). The Morgan fingerprint density at radius 1 is 1.03 bits per heavy atom. The van der Waals surface area contributed by atoms with Crippen molar-refractivity contribution in [3.8, 4) is 17.2 Å². The predicted octanol–water partition coefficient (Wildman–Crippen LogP) is 4.80. The molecule has 3 aromatic rings. The van der Waals surface area contributed by atoms with E-state index in [-0.39, 0.29) is 28.7 Å². The summed E-state index contributed by atoms with van der Waals surface area (Å²) in [5.74, 6) is -0.359. The van der Waals surface area contributed by atoms with E-state index in [1.54, 1.807) is 36.4 Å². The van der Waals surface area contributed by atoms with Gasteiger partial charge in [-0.1, -0.05) is 6.07 Å². The van der Waals surface area contributed by atoms with Crippen molar-refractivity contribution >= 4 is 23.9 Å². The number of aliphatic imine (C=N–C) groups is 1. The zero-order valence-electron chi connectivity index (χ0n) is 18.4. The number of halogens is 1. The van der Waals surface area contributed by atoms with Crippen LogP contribution in [0, 0.1) is 5.82 Å². The van der Waals surface area contributed by atoms with Crippen LogP contribution >= 0.6 is 0 Å². The smallest absolute Gasteiger partial charge is 0.363 e. The van der Waals surface area contributed by atoms with Crippen LogP contribution in [0.2, 0.25) is 0 Å². The van der Waals surface area contributed by atoms with Crippen molar-refractivity contribution in [3.05, 3.63) is 94.9 Å². The van der Waals surface area contributed by atoms with E-state index in [0.29, 0.717) is 23.5 Å². The Hall–Kier alpha value is -4.46. The standard InChI is InChI=1S/C26H20FNO6/c1-3-32-20-11-7-17(8-12-20)24-28-21(26(30)34-24)14-16-4-13-22(23(15-16)31-2)33-25(29)18-5-9-19(27)10-6-18/h4-15H,3H2,1-2H3/b21-14-. The van der Waals surface area contributed by atoms with Gasteiger partial charge < -0.3 is 18.9 Å². The molecule has 34 heavy (non-hydrogen) atoms. The average molecular weight is 461 g/mol. The fraction of sp³-hybridized carbons (Fsp3) is 0.115. The van der Waals surface area contributed by atoms with Crippen molar-refractivity contribution in [2.45, 2.75) is 6.92 Å². The Morgan fingerprint density at radius 3 is 2.44 bits per heavy atom. The zero-order chi connectivity index (χ0) is 24.1. The van der Waals surface area contributed by atoms with Crippen molar-refractivity contribution < 1.29 is 32.9 Å². The Kier molecular flexibility index (Phi) is 6.68. The molecule has 0 amide bonds. The Labute approximate surface area is 195 Å². The van der Waals surface area contributed by atoms with Gasteiger partial charge in [0.1, 0.15) is 11.6 Å². The van der Waals surface area contributed by atoms with Gasteiger partial charge in [0.25, 0.3) is 0 Å². The third-order valence-corrected chi connectivity index (χ3v) is 4.81. The molecule has 0 radical (unpaired) electrons. The lowest BCUT2D eigenvalue weighted by Gasteiger charge is -2.10. The SMILES string of the molecule is CCOc1ccc(C2=N/C(=C\c3ccc(OC(=O)c4ccc(F)cc4)c(OC)c3)C(=O)O2)cc1. The van der Waals surface area contributed by atoms with Crippen LogP contribution in [0.3, 0.4) is 0 Å². The second kappa shape index (κ2) is 9.99. The highest BCUT2D eigenvalue weighted by molar-refractivity contribution is 6.12. The lowest BCUT2D eigenvalue weighted by atomic mass is 10.1. The molecule has 3 aromatic carbocycles. The number of methoxy groups -OCH3 is 1. The number of esters is 2. The number of cyclic esters (lactones) is 1. The average Bonchev–Trinajstić information content (AvgIpc) is 3.21. The molecule has 0 saturated heterocycles. The van der Waals surface area contributed by atoms with E-state index in [1.807, 2.05) is 6.92 Å². The number of carbonyl (C=O) groups is 2. The summed E-state index contributed by atoms with van der Waals surface area (Å²) in [5.41, 5.74) is 1.53. The summed E-state index contributed by atoms with van der Waals surface area (Å²) in [6.45, 7) is 2.45. The van der Waals surface area contributed by atoms with E-state index < -0.39 is 17.8 Å². The number of rotatable bonds is 7. The molecular weight excluding hydrogens is 441 g/mol. The van der Waals surface area contributed by atoms with Crippen LogP contribution in [0.5, 0.6) is 17.2 Å².